The number of benzene rings is 1. The topological polar surface area (TPSA) is 64.0 Å². The van der Waals surface area contributed by atoms with Crippen LogP contribution in [0, 0.1) is 0 Å². The van der Waals surface area contributed by atoms with Crippen LogP contribution in [0.25, 0.3) is 0 Å². The van der Waals surface area contributed by atoms with E-state index < -0.39 is 10.0 Å². The maximum Gasteiger partial charge on any atom is 0.276 e. The molecule has 0 bridgehead atoms. The van der Waals surface area contributed by atoms with Crippen molar-refractivity contribution >= 4 is 10.0 Å². The molecule has 100 valence electrons. The van der Waals surface area contributed by atoms with Gasteiger partial charge in [0.05, 0.1) is 16.8 Å². The third-order valence-corrected chi connectivity index (χ3v) is 4.57. The summed E-state index contributed by atoms with van der Waals surface area (Å²) < 4.78 is 24.3. The van der Waals surface area contributed by atoms with Crippen LogP contribution < -0.4 is 4.83 Å². The summed E-state index contributed by atoms with van der Waals surface area (Å²) in [5.41, 5.74) is 2.14. The summed E-state index contributed by atoms with van der Waals surface area (Å²) in [6.07, 6.45) is 5.94. The Kier molecular flexibility index (Phi) is 3.02. The Bertz CT molecular complexity index is 654. The third kappa shape index (κ3) is 2.49. The number of hydrogen-bond acceptors (Lipinski definition) is 3. The Labute approximate surface area is 112 Å². The van der Waals surface area contributed by atoms with Gasteiger partial charge >= 0.3 is 0 Å². The van der Waals surface area contributed by atoms with E-state index in [1.807, 2.05) is 0 Å². The minimum absolute atomic E-state index is 0.239. The number of rotatable bonds is 3. The zero-order valence-electron chi connectivity index (χ0n) is 10.4. The van der Waals surface area contributed by atoms with Crippen molar-refractivity contribution in [1.29, 1.82) is 0 Å². The van der Waals surface area contributed by atoms with Gasteiger partial charge in [0.25, 0.3) is 10.0 Å². The molecule has 0 saturated heterocycles. The lowest BCUT2D eigenvalue weighted by Crippen LogP contribution is -2.23. The number of hydrogen-bond donors (Lipinski definition) is 1. The highest BCUT2D eigenvalue weighted by molar-refractivity contribution is 7.92. The van der Waals surface area contributed by atoms with Crippen LogP contribution in [0.5, 0.6) is 0 Å². The molecule has 0 aliphatic heterocycles. The SMILES string of the molecule is O=S(=O)(Nn1cc2c(n1)CCCC2)c1ccccc1. The van der Waals surface area contributed by atoms with Gasteiger partial charge in [0.15, 0.2) is 0 Å². The first kappa shape index (κ1) is 12.2. The minimum Gasteiger partial charge on any atom is -0.200 e. The molecule has 0 spiro atoms. The highest BCUT2D eigenvalue weighted by Gasteiger charge is 2.17. The van der Waals surface area contributed by atoms with E-state index in [0.717, 1.165) is 36.9 Å². The van der Waals surface area contributed by atoms with Crippen molar-refractivity contribution in [2.24, 2.45) is 0 Å². The van der Waals surface area contributed by atoms with Gasteiger partial charge in [-0.05, 0) is 43.4 Å². The molecule has 0 unspecified atom stereocenters. The smallest absolute Gasteiger partial charge is 0.200 e. The summed E-state index contributed by atoms with van der Waals surface area (Å²) in [7, 11) is -3.56. The van der Waals surface area contributed by atoms with Gasteiger partial charge in [0.2, 0.25) is 0 Å². The second kappa shape index (κ2) is 4.70. The van der Waals surface area contributed by atoms with Crippen LogP contribution in [0.2, 0.25) is 0 Å². The number of aryl methyl sites for hydroxylation is 2. The predicted octanol–water partition coefficient (Wildman–Crippen LogP) is 1.69. The maximum atomic E-state index is 12.1. The lowest BCUT2D eigenvalue weighted by atomic mass is 9.99. The van der Waals surface area contributed by atoms with Gasteiger partial charge in [-0.2, -0.15) is 18.3 Å². The van der Waals surface area contributed by atoms with Crippen LogP contribution in [0.1, 0.15) is 24.1 Å². The number of nitrogens with one attached hydrogen (secondary N) is 1. The van der Waals surface area contributed by atoms with Crippen molar-refractivity contribution < 1.29 is 8.42 Å². The molecule has 1 aliphatic carbocycles. The van der Waals surface area contributed by atoms with E-state index >= 15 is 0 Å². The zero-order valence-corrected chi connectivity index (χ0v) is 11.2. The molecule has 1 aromatic carbocycles. The van der Waals surface area contributed by atoms with Crippen LogP contribution in [-0.4, -0.2) is 18.3 Å². The van der Waals surface area contributed by atoms with Crippen LogP contribution in [-0.2, 0) is 22.9 Å². The summed E-state index contributed by atoms with van der Waals surface area (Å²) in [5.74, 6) is 0. The molecule has 1 aliphatic rings. The molecule has 19 heavy (non-hydrogen) atoms. The Morgan fingerprint density at radius 1 is 1.11 bits per heavy atom. The summed E-state index contributed by atoms with van der Waals surface area (Å²) in [4.78, 5) is 4.03. The molecule has 1 heterocycles. The Morgan fingerprint density at radius 3 is 2.58 bits per heavy atom. The fourth-order valence-electron chi connectivity index (χ4n) is 2.29. The molecule has 1 aromatic heterocycles. The van der Waals surface area contributed by atoms with E-state index in [0.29, 0.717) is 0 Å². The monoisotopic (exact) mass is 277 g/mol. The first-order valence-electron chi connectivity index (χ1n) is 6.30. The lowest BCUT2D eigenvalue weighted by Gasteiger charge is -2.07. The summed E-state index contributed by atoms with van der Waals surface area (Å²) in [5, 5.41) is 4.29. The van der Waals surface area contributed by atoms with Gasteiger partial charge < -0.3 is 0 Å². The number of fused-ring (bicyclic) bond motifs is 1. The summed E-state index contributed by atoms with van der Waals surface area (Å²) in [6, 6.07) is 8.30. The van der Waals surface area contributed by atoms with Crippen molar-refractivity contribution in [2.75, 3.05) is 4.83 Å². The van der Waals surface area contributed by atoms with E-state index in [1.165, 1.54) is 4.79 Å². The number of aromatic nitrogens is 2. The Hall–Kier alpha value is -1.82. The molecule has 0 amide bonds. The second-order valence-electron chi connectivity index (χ2n) is 4.66. The Morgan fingerprint density at radius 2 is 1.84 bits per heavy atom. The largest absolute Gasteiger partial charge is 0.276 e. The average Bonchev–Trinajstić information content (AvgIpc) is 2.81. The lowest BCUT2D eigenvalue weighted by molar-refractivity contribution is 0.591. The molecule has 3 rings (SSSR count). The molecule has 0 fully saturated rings. The minimum atomic E-state index is -3.56. The molecule has 1 N–H and O–H groups in total. The van der Waals surface area contributed by atoms with Gasteiger partial charge in [0.1, 0.15) is 0 Å². The molecule has 5 nitrogen and oxygen atoms in total. The van der Waals surface area contributed by atoms with Crippen LogP contribution in [0.4, 0.5) is 0 Å². The fraction of sp³-hybridized carbons (Fsp3) is 0.308. The van der Waals surface area contributed by atoms with Gasteiger partial charge in [0, 0.05) is 0 Å². The highest BCUT2D eigenvalue weighted by Crippen LogP contribution is 2.19. The highest BCUT2D eigenvalue weighted by atomic mass is 32.2. The predicted molar refractivity (Wildman–Crippen MR) is 71.9 cm³/mol. The Balaban J connectivity index is 1.87. The molecule has 0 radical (unpaired) electrons. The first-order chi connectivity index (χ1) is 9.15. The van der Waals surface area contributed by atoms with Crippen molar-refractivity contribution in [1.82, 2.24) is 9.89 Å². The molecular weight excluding hydrogens is 262 g/mol. The normalized spacial score (nSPS) is 14.9. The van der Waals surface area contributed by atoms with Crippen molar-refractivity contribution in [2.45, 2.75) is 30.6 Å². The number of nitrogens with zero attached hydrogens (tertiary/aromatic N) is 2. The second-order valence-corrected chi connectivity index (χ2v) is 6.32. The first-order valence-corrected chi connectivity index (χ1v) is 7.79. The van der Waals surface area contributed by atoms with Gasteiger partial charge in [-0.3, -0.25) is 0 Å². The third-order valence-electron chi connectivity index (χ3n) is 3.25. The van der Waals surface area contributed by atoms with Crippen LogP contribution in [0.3, 0.4) is 0 Å². The molecule has 6 heteroatoms. The van der Waals surface area contributed by atoms with Gasteiger partial charge in [-0.15, -0.1) is 0 Å². The van der Waals surface area contributed by atoms with E-state index in [1.54, 1.807) is 36.5 Å². The average molecular weight is 277 g/mol. The molecule has 0 saturated carbocycles. The standard InChI is InChI=1S/C13H15N3O2S/c17-19(18,12-7-2-1-3-8-12)15-16-10-11-6-4-5-9-13(11)14-16/h1-3,7-8,10,15H,4-6,9H2. The van der Waals surface area contributed by atoms with E-state index in [2.05, 4.69) is 9.93 Å². The van der Waals surface area contributed by atoms with Crippen molar-refractivity contribution in [3.63, 3.8) is 0 Å². The fourth-order valence-corrected chi connectivity index (χ4v) is 3.26. The molecule has 0 atom stereocenters. The van der Waals surface area contributed by atoms with Crippen molar-refractivity contribution in [3.05, 3.63) is 47.8 Å². The van der Waals surface area contributed by atoms with Crippen molar-refractivity contribution in [3.8, 4) is 0 Å². The number of sulfonamides is 1. The van der Waals surface area contributed by atoms with Crippen LogP contribution in [0.15, 0.2) is 41.4 Å². The maximum absolute atomic E-state index is 12.1. The molecule has 2 aromatic rings. The summed E-state index contributed by atoms with van der Waals surface area (Å²) >= 11 is 0. The summed E-state index contributed by atoms with van der Waals surface area (Å²) in [6.45, 7) is 0. The van der Waals surface area contributed by atoms with Gasteiger partial charge in [-0.1, -0.05) is 18.2 Å². The van der Waals surface area contributed by atoms with E-state index in [4.69, 9.17) is 0 Å². The van der Waals surface area contributed by atoms with E-state index in [-0.39, 0.29) is 4.90 Å². The molecular formula is C13H15N3O2S. The zero-order chi connectivity index (χ0) is 13.3. The van der Waals surface area contributed by atoms with Gasteiger partial charge in [-0.25, -0.2) is 4.83 Å². The quantitative estimate of drug-likeness (QED) is 0.928. The van der Waals surface area contributed by atoms with Crippen LogP contribution >= 0.6 is 0 Å². The van der Waals surface area contributed by atoms with E-state index in [9.17, 15) is 8.42 Å².